The topological polar surface area (TPSA) is 237 Å². The lowest BCUT2D eigenvalue weighted by molar-refractivity contribution is -0.161. The van der Waals surface area contributed by atoms with E-state index in [1.54, 1.807) is 0 Å². The smallest absolute Gasteiger partial charge is 0.462 e. The normalized spacial score (nSPS) is 14.4. The molecular weight excluding hydrogens is 1190 g/mol. The van der Waals surface area contributed by atoms with Crippen LogP contribution in [0.5, 0.6) is 0 Å². The van der Waals surface area contributed by atoms with Gasteiger partial charge in [0.25, 0.3) is 0 Å². The number of phosphoric acid groups is 2. The zero-order valence-electron chi connectivity index (χ0n) is 58.4. The molecule has 0 rings (SSSR count). The summed E-state index contributed by atoms with van der Waals surface area (Å²) in [6.45, 7) is 9.50. The lowest BCUT2D eigenvalue weighted by Crippen LogP contribution is -2.30. The van der Waals surface area contributed by atoms with Crippen LogP contribution in [0.2, 0.25) is 0 Å². The second-order valence-electron chi connectivity index (χ2n) is 26.3. The van der Waals surface area contributed by atoms with Gasteiger partial charge in [0.05, 0.1) is 26.4 Å². The maximum Gasteiger partial charge on any atom is 0.472 e. The fraction of sp³-hybridized carbons (Fsp3) is 0.944. The minimum atomic E-state index is -4.95. The highest BCUT2D eigenvalue weighted by Gasteiger charge is 2.30. The summed E-state index contributed by atoms with van der Waals surface area (Å²) in [4.78, 5) is 72.6. The summed E-state index contributed by atoms with van der Waals surface area (Å²) in [6, 6.07) is 0. The van der Waals surface area contributed by atoms with E-state index in [-0.39, 0.29) is 25.7 Å². The van der Waals surface area contributed by atoms with E-state index >= 15 is 0 Å². The second kappa shape index (κ2) is 63.1. The zero-order chi connectivity index (χ0) is 66.5. The maximum atomic E-state index is 13.0. The molecule has 0 heterocycles. The predicted molar refractivity (Wildman–Crippen MR) is 363 cm³/mol. The van der Waals surface area contributed by atoms with Crippen LogP contribution in [0.1, 0.15) is 363 Å². The summed E-state index contributed by atoms with van der Waals surface area (Å²) >= 11 is 0. The third-order valence-electron chi connectivity index (χ3n) is 16.8. The van der Waals surface area contributed by atoms with E-state index in [1.807, 2.05) is 0 Å². The molecule has 0 aliphatic heterocycles. The van der Waals surface area contributed by atoms with Gasteiger partial charge in [0.2, 0.25) is 0 Å². The average molecular weight is 1330 g/mol. The number of carbonyl (C=O) groups is 4. The Bertz CT molecular complexity index is 1750. The minimum absolute atomic E-state index is 0.106. The molecule has 534 valence electrons. The summed E-state index contributed by atoms with van der Waals surface area (Å²) in [7, 11) is -9.90. The molecule has 0 aliphatic carbocycles. The molecule has 0 bridgehead atoms. The molecule has 0 aliphatic rings. The first-order valence-electron chi connectivity index (χ1n) is 37.0. The summed E-state index contributed by atoms with van der Waals surface area (Å²) in [5, 5.41) is 10.6. The molecule has 0 aromatic heterocycles. The third kappa shape index (κ3) is 63.5. The number of hydrogen-bond donors (Lipinski definition) is 3. The van der Waals surface area contributed by atoms with Crippen LogP contribution in [0.25, 0.3) is 0 Å². The lowest BCUT2D eigenvalue weighted by atomic mass is 10.00. The first-order valence-corrected chi connectivity index (χ1v) is 40.0. The molecule has 3 unspecified atom stereocenters. The molecule has 0 radical (unpaired) electrons. The number of rotatable bonds is 70. The molecule has 0 saturated carbocycles. The van der Waals surface area contributed by atoms with Gasteiger partial charge in [-0.3, -0.25) is 37.3 Å². The van der Waals surface area contributed by atoms with Crippen molar-refractivity contribution < 1.29 is 80.2 Å². The number of aliphatic hydroxyl groups is 1. The number of esters is 4. The Labute approximate surface area is 549 Å². The van der Waals surface area contributed by atoms with Gasteiger partial charge in [0, 0.05) is 25.7 Å². The molecule has 19 heteroatoms. The van der Waals surface area contributed by atoms with Gasteiger partial charge < -0.3 is 33.8 Å². The van der Waals surface area contributed by atoms with Crippen LogP contribution in [0.4, 0.5) is 0 Å². The highest BCUT2D eigenvalue weighted by Crippen LogP contribution is 2.45. The standard InChI is InChI=1S/C71H138O17P2/c1-7-10-12-14-16-18-20-22-23-24-25-27-31-36-44-50-56-71(76)87-66(59-81-68(73)53-47-41-34-32-28-29-33-39-45-51-63(4)5)61-85-89(77,78)83-57-65(72)58-84-90(79,80)86-62-67(60-82-69(74)54-48-42-38-37-40-46-52-64(6)9-3)88-70(75)55-49-43-35-30-26-21-19-17-15-13-11-8-2/h63-67,72H,7-62H2,1-6H3,(H,77,78)(H,79,80)/t64?,65-,66-,67-/m1/s1. The number of phosphoric ester groups is 2. The number of hydrogen-bond acceptors (Lipinski definition) is 15. The Balaban J connectivity index is 5.25. The van der Waals surface area contributed by atoms with Crippen molar-refractivity contribution in [2.24, 2.45) is 11.8 Å². The second-order valence-corrected chi connectivity index (χ2v) is 29.3. The van der Waals surface area contributed by atoms with Crippen LogP contribution < -0.4 is 0 Å². The molecule has 0 amide bonds. The third-order valence-corrected chi connectivity index (χ3v) is 18.7. The average Bonchev–Trinajstić information content (AvgIpc) is 2.95. The monoisotopic (exact) mass is 1320 g/mol. The molecular formula is C71H138O17P2. The SMILES string of the molecule is CCCCCCCCCCCCCCCCCCC(=O)O[C@H](COC(=O)CCCCCCCCCCCC(C)C)COP(=O)(O)OC[C@@H](O)COP(=O)(O)OC[C@@H](COC(=O)CCCCCCCCC(C)CC)OC(=O)CCCCCCCCCCCCCC. The van der Waals surface area contributed by atoms with Crippen LogP contribution in [0.15, 0.2) is 0 Å². The molecule has 17 nitrogen and oxygen atoms in total. The van der Waals surface area contributed by atoms with E-state index in [4.69, 9.17) is 37.0 Å². The lowest BCUT2D eigenvalue weighted by Gasteiger charge is -2.21. The minimum Gasteiger partial charge on any atom is -0.462 e. The van der Waals surface area contributed by atoms with Crippen LogP contribution >= 0.6 is 15.6 Å². The van der Waals surface area contributed by atoms with E-state index in [0.717, 1.165) is 108 Å². The zero-order valence-corrected chi connectivity index (χ0v) is 60.2. The Kier molecular flexibility index (Phi) is 61.8. The molecule has 3 N–H and O–H groups in total. The molecule has 0 fully saturated rings. The first kappa shape index (κ1) is 88.1. The molecule has 90 heavy (non-hydrogen) atoms. The predicted octanol–water partition coefficient (Wildman–Crippen LogP) is 20.4. The quantitative estimate of drug-likeness (QED) is 0.0222. The van der Waals surface area contributed by atoms with Crippen molar-refractivity contribution in [2.75, 3.05) is 39.6 Å². The van der Waals surface area contributed by atoms with Crippen molar-refractivity contribution in [1.82, 2.24) is 0 Å². The van der Waals surface area contributed by atoms with Crippen LogP contribution in [0.3, 0.4) is 0 Å². The first-order chi connectivity index (χ1) is 43.4. The fourth-order valence-electron chi connectivity index (χ4n) is 10.7. The van der Waals surface area contributed by atoms with E-state index in [2.05, 4.69) is 41.5 Å². The van der Waals surface area contributed by atoms with Gasteiger partial charge in [-0.05, 0) is 37.5 Å². The molecule has 0 aromatic carbocycles. The molecule has 6 atom stereocenters. The van der Waals surface area contributed by atoms with Crippen LogP contribution in [-0.2, 0) is 65.4 Å². The maximum absolute atomic E-state index is 13.0. The Morgan fingerprint density at radius 1 is 0.322 bits per heavy atom. The highest BCUT2D eigenvalue weighted by atomic mass is 31.2. The van der Waals surface area contributed by atoms with E-state index < -0.39 is 97.5 Å². The number of ether oxygens (including phenoxy) is 4. The molecule has 0 spiro atoms. The van der Waals surface area contributed by atoms with Crippen molar-refractivity contribution in [2.45, 2.75) is 381 Å². The van der Waals surface area contributed by atoms with Gasteiger partial charge in [0.15, 0.2) is 12.2 Å². The number of carbonyl (C=O) groups excluding carboxylic acids is 4. The van der Waals surface area contributed by atoms with Crippen molar-refractivity contribution in [1.29, 1.82) is 0 Å². The van der Waals surface area contributed by atoms with Gasteiger partial charge in [-0.2, -0.15) is 0 Å². The van der Waals surface area contributed by atoms with Gasteiger partial charge in [0.1, 0.15) is 19.3 Å². The summed E-state index contributed by atoms with van der Waals surface area (Å²) < 4.78 is 68.3. The van der Waals surface area contributed by atoms with Crippen molar-refractivity contribution >= 4 is 39.5 Å². The van der Waals surface area contributed by atoms with Gasteiger partial charge in [-0.25, -0.2) is 9.13 Å². The van der Waals surface area contributed by atoms with Crippen molar-refractivity contribution in [3.8, 4) is 0 Å². The Hall–Kier alpha value is -1.94. The van der Waals surface area contributed by atoms with Crippen LogP contribution in [-0.4, -0.2) is 96.7 Å². The molecule has 0 aromatic rings. The van der Waals surface area contributed by atoms with Crippen LogP contribution in [0, 0.1) is 11.8 Å². The van der Waals surface area contributed by atoms with Crippen molar-refractivity contribution in [3.63, 3.8) is 0 Å². The fourth-order valence-corrected chi connectivity index (χ4v) is 12.3. The largest absolute Gasteiger partial charge is 0.472 e. The van der Waals surface area contributed by atoms with E-state index in [9.17, 15) is 43.2 Å². The van der Waals surface area contributed by atoms with Crippen molar-refractivity contribution in [3.05, 3.63) is 0 Å². The van der Waals surface area contributed by atoms with Gasteiger partial charge >= 0.3 is 39.5 Å². The Morgan fingerprint density at radius 2 is 0.567 bits per heavy atom. The van der Waals surface area contributed by atoms with E-state index in [0.29, 0.717) is 25.7 Å². The summed E-state index contributed by atoms with van der Waals surface area (Å²) in [5.41, 5.74) is 0. The Morgan fingerprint density at radius 3 is 0.844 bits per heavy atom. The van der Waals surface area contributed by atoms with E-state index in [1.165, 1.54) is 173 Å². The number of aliphatic hydroxyl groups excluding tert-OH is 1. The molecule has 0 saturated heterocycles. The number of unbranched alkanes of at least 4 members (excludes halogenated alkanes) is 39. The van der Waals surface area contributed by atoms with Gasteiger partial charge in [-0.1, -0.05) is 311 Å². The van der Waals surface area contributed by atoms with Gasteiger partial charge in [-0.15, -0.1) is 0 Å². The summed E-state index contributed by atoms with van der Waals surface area (Å²) in [6.07, 6.45) is 48.5. The highest BCUT2D eigenvalue weighted by molar-refractivity contribution is 7.47. The summed E-state index contributed by atoms with van der Waals surface area (Å²) in [5.74, 6) is -0.647.